The molecule has 1 heteroatoms. The first kappa shape index (κ1) is 12.9. The van der Waals surface area contributed by atoms with E-state index in [2.05, 4.69) is 74.3 Å². The summed E-state index contributed by atoms with van der Waals surface area (Å²) in [5.74, 6) is 0.550. The van der Waals surface area contributed by atoms with Gasteiger partial charge >= 0.3 is 0 Å². The summed E-state index contributed by atoms with van der Waals surface area (Å²) in [6, 6.07) is 17.2. The van der Waals surface area contributed by atoms with Gasteiger partial charge in [0.05, 0.1) is 5.69 Å². The summed E-state index contributed by atoms with van der Waals surface area (Å²) in [6.45, 7) is 6.59. The van der Waals surface area contributed by atoms with Crippen molar-refractivity contribution in [3.63, 3.8) is 0 Å². The number of rotatable bonds is 2. The van der Waals surface area contributed by atoms with Gasteiger partial charge in [-0.3, -0.25) is 4.98 Å². The molecular weight excluding hydrogens is 242 g/mol. The van der Waals surface area contributed by atoms with Crippen molar-refractivity contribution >= 4 is 10.8 Å². The molecule has 1 aromatic heterocycles. The first-order chi connectivity index (χ1) is 9.66. The normalized spacial score (nSPS) is 11.2. The number of hydrogen-bond donors (Lipinski definition) is 0. The number of nitrogens with zero attached hydrogens (tertiary/aromatic N) is 1. The van der Waals surface area contributed by atoms with Crippen molar-refractivity contribution in [1.82, 2.24) is 4.98 Å². The summed E-state index contributed by atoms with van der Waals surface area (Å²) in [6.07, 6.45) is 1.91. The van der Waals surface area contributed by atoms with Crippen LogP contribution in [0.3, 0.4) is 0 Å². The summed E-state index contributed by atoms with van der Waals surface area (Å²) >= 11 is 0. The Hall–Kier alpha value is -2.15. The fraction of sp³-hybridized carbons (Fsp3) is 0.211. The lowest BCUT2D eigenvalue weighted by Crippen LogP contribution is -1.91. The molecule has 0 bridgehead atoms. The van der Waals surface area contributed by atoms with Crippen molar-refractivity contribution in [2.24, 2.45) is 0 Å². The van der Waals surface area contributed by atoms with Gasteiger partial charge in [0.15, 0.2) is 0 Å². The monoisotopic (exact) mass is 261 g/mol. The van der Waals surface area contributed by atoms with Crippen LogP contribution in [0.5, 0.6) is 0 Å². The highest BCUT2D eigenvalue weighted by molar-refractivity contribution is 5.95. The molecule has 2 aromatic carbocycles. The second-order valence-electron chi connectivity index (χ2n) is 5.61. The Balaban J connectivity index is 2.25. The Morgan fingerprint density at radius 2 is 1.75 bits per heavy atom. The van der Waals surface area contributed by atoms with Crippen molar-refractivity contribution in [3.8, 4) is 11.3 Å². The minimum absolute atomic E-state index is 0.550. The van der Waals surface area contributed by atoms with Gasteiger partial charge in [-0.05, 0) is 35.4 Å². The molecule has 3 aromatic rings. The highest BCUT2D eigenvalue weighted by Gasteiger charge is 2.08. The SMILES string of the molecule is Cc1ccccc1-c1nccc2cc(C(C)C)ccc12. The molecule has 0 radical (unpaired) electrons. The predicted octanol–water partition coefficient (Wildman–Crippen LogP) is 5.33. The predicted molar refractivity (Wildman–Crippen MR) is 86.0 cm³/mol. The minimum Gasteiger partial charge on any atom is -0.256 e. The molecule has 20 heavy (non-hydrogen) atoms. The zero-order valence-corrected chi connectivity index (χ0v) is 12.2. The molecule has 0 saturated heterocycles. The molecule has 0 aliphatic rings. The third-order valence-electron chi connectivity index (χ3n) is 3.86. The van der Waals surface area contributed by atoms with Crippen LogP contribution >= 0.6 is 0 Å². The average molecular weight is 261 g/mol. The minimum atomic E-state index is 0.550. The fourth-order valence-electron chi connectivity index (χ4n) is 2.61. The highest BCUT2D eigenvalue weighted by Crippen LogP contribution is 2.30. The summed E-state index contributed by atoms with van der Waals surface area (Å²) in [4.78, 5) is 4.61. The zero-order chi connectivity index (χ0) is 14.1. The smallest absolute Gasteiger partial charge is 0.0782 e. The molecule has 1 heterocycles. The van der Waals surface area contributed by atoms with Crippen LogP contribution in [0.15, 0.2) is 54.7 Å². The van der Waals surface area contributed by atoms with Gasteiger partial charge in [0.25, 0.3) is 0 Å². The molecule has 0 N–H and O–H groups in total. The Morgan fingerprint density at radius 1 is 0.950 bits per heavy atom. The van der Waals surface area contributed by atoms with E-state index in [9.17, 15) is 0 Å². The van der Waals surface area contributed by atoms with Crippen molar-refractivity contribution in [2.45, 2.75) is 26.7 Å². The van der Waals surface area contributed by atoms with E-state index in [-0.39, 0.29) is 0 Å². The van der Waals surface area contributed by atoms with Crippen molar-refractivity contribution in [2.75, 3.05) is 0 Å². The van der Waals surface area contributed by atoms with Gasteiger partial charge in [-0.25, -0.2) is 0 Å². The number of aryl methyl sites for hydroxylation is 1. The van der Waals surface area contributed by atoms with E-state index in [1.165, 1.54) is 27.5 Å². The van der Waals surface area contributed by atoms with Crippen molar-refractivity contribution in [1.29, 1.82) is 0 Å². The maximum Gasteiger partial charge on any atom is 0.0782 e. The number of pyridine rings is 1. The van der Waals surface area contributed by atoms with E-state index in [1.807, 2.05) is 6.20 Å². The standard InChI is InChI=1S/C19H19N/c1-13(2)15-8-9-18-16(12-15)10-11-20-19(18)17-7-5-4-6-14(17)3/h4-13H,1-3H3. The maximum atomic E-state index is 4.61. The van der Waals surface area contributed by atoms with Crippen LogP contribution in [0.1, 0.15) is 30.9 Å². The molecule has 0 fully saturated rings. The topological polar surface area (TPSA) is 12.9 Å². The van der Waals surface area contributed by atoms with E-state index in [0.29, 0.717) is 5.92 Å². The van der Waals surface area contributed by atoms with Gasteiger partial charge in [0, 0.05) is 17.1 Å². The van der Waals surface area contributed by atoms with E-state index in [4.69, 9.17) is 0 Å². The van der Waals surface area contributed by atoms with Gasteiger partial charge < -0.3 is 0 Å². The zero-order valence-electron chi connectivity index (χ0n) is 12.2. The third kappa shape index (κ3) is 2.20. The molecule has 0 saturated carbocycles. The summed E-state index contributed by atoms with van der Waals surface area (Å²) in [5.41, 5.74) is 4.94. The van der Waals surface area contributed by atoms with Crippen LogP contribution in [0.2, 0.25) is 0 Å². The molecule has 1 nitrogen and oxygen atoms in total. The Morgan fingerprint density at radius 3 is 2.50 bits per heavy atom. The molecule has 0 unspecified atom stereocenters. The number of hydrogen-bond acceptors (Lipinski definition) is 1. The van der Waals surface area contributed by atoms with Gasteiger partial charge in [-0.2, -0.15) is 0 Å². The molecule has 0 aliphatic heterocycles. The summed E-state index contributed by atoms with van der Waals surface area (Å²) in [5, 5.41) is 2.50. The Labute approximate surface area is 120 Å². The van der Waals surface area contributed by atoms with Crippen LogP contribution in [0, 0.1) is 6.92 Å². The average Bonchev–Trinajstić information content (AvgIpc) is 2.46. The van der Waals surface area contributed by atoms with E-state index >= 15 is 0 Å². The molecule has 0 spiro atoms. The first-order valence-corrected chi connectivity index (χ1v) is 7.11. The number of aromatic nitrogens is 1. The van der Waals surface area contributed by atoms with E-state index < -0.39 is 0 Å². The first-order valence-electron chi connectivity index (χ1n) is 7.11. The van der Waals surface area contributed by atoms with Crippen LogP contribution < -0.4 is 0 Å². The summed E-state index contributed by atoms with van der Waals surface area (Å²) < 4.78 is 0. The van der Waals surface area contributed by atoms with Gasteiger partial charge in [0.2, 0.25) is 0 Å². The van der Waals surface area contributed by atoms with E-state index in [0.717, 1.165) is 5.69 Å². The van der Waals surface area contributed by atoms with Crippen LogP contribution in [-0.2, 0) is 0 Å². The van der Waals surface area contributed by atoms with Crippen molar-refractivity contribution in [3.05, 3.63) is 65.9 Å². The molecule has 3 rings (SSSR count). The highest BCUT2D eigenvalue weighted by atomic mass is 14.7. The maximum absolute atomic E-state index is 4.61. The second-order valence-corrected chi connectivity index (χ2v) is 5.61. The third-order valence-corrected chi connectivity index (χ3v) is 3.86. The molecular formula is C19H19N. The second kappa shape index (κ2) is 5.09. The molecule has 100 valence electrons. The summed E-state index contributed by atoms with van der Waals surface area (Å²) in [7, 11) is 0. The molecule has 0 atom stereocenters. The number of benzene rings is 2. The van der Waals surface area contributed by atoms with E-state index in [1.54, 1.807) is 0 Å². The van der Waals surface area contributed by atoms with Crippen molar-refractivity contribution < 1.29 is 0 Å². The lowest BCUT2D eigenvalue weighted by Gasteiger charge is -2.11. The lowest BCUT2D eigenvalue weighted by molar-refractivity contribution is 0.869. The fourth-order valence-corrected chi connectivity index (χ4v) is 2.61. The van der Waals surface area contributed by atoms with Gasteiger partial charge in [0.1, 0.15) is 0 Å². The van der Waals surface area contributed by atoms with Crippen LogP contribution in [0.4, 0.5) is 0 Å². The van der Waals surface area contributed by atoms with Crippen LogP contribution in [0.25, 0.3) is 22.0 Å². The van der Waals surface area contributed by atoms with Crippen LogP contribution in [-0.4, -0.2) is 4.98 Å². The Bertz CT molecular complexity index is 757. The molecule has 0 aliphatic carbocycles. The molecule has 0 amide bonds. The quantitative estimate of drug-likeness (QED) is 0.607. The lowest BCUT2D eigenvalue weighted by atomic mass is 9.96. The largest absolute Gasteiger partial charge is 0.256 e. The van der Waals surface area contributed by atoms with Gasteiger partial charge in [-0.15, -0.1) is 0 Å². The Kier molecular flexibility index (Phi) is 3.27. The van der Waals surface area contributed by atoms with Gasteiger partial charge in [-0.1, -0.05) is 56.3 Å². The number of fused-ring (bicyclic) bond motifs is 1.